The third kappa shape index (κ3) is 4.34. The van der Waals surface area contributed by atoms with Gasteiger partial charge < -0.3 is 14.6 Å². The maximum atomic E-state index is 12.6. The molecule has 30 heavy (non-hydrogen) atoms. The molecule has 0 spiro atoms. The van der Waals surface area contributed by atoms with Crippen LogP contribution < -0.4 is 40.4 Å². The average Bonchev–Trinajstić information content (AvgIpc) is 3.30. The van der Waals surface area contributed by atoms with Crippen molar-refractivity contribution < 1.29 is 42.8 Å². The Balaban J connectivity index is 0.00000256. The zero-order chi connectivity index (χ0) is 20.8. The first-order valence-corrected chi connectivity index (χ1v) is 11.2. The number of aromatic nitrogens is 2. The molecule has 2 amide bonds. The van der Waals surface area contributed by atoms with Crippen LogP contribution in [0, 0.1) is 0 Å². The van der Waals surface area contributed by atoms with E-state index >= 15 is 0 Å². The van der Waals surface area contributed by atoms with Gasteiger partial charge in [0.25, 0.3) is 5.56 Å². The summed E-state index contributed by atoms with van der Waals surface area (Å²) in [5, 5.41) is 2.31. The predicted octanol–water partition coefficient (Wildman–Crippen LogP) is 0.100. The molecule has 2 aliphatic rings. The van der Waals surface area contributed by atoms with Crippen LogP contribution in [0.15, 0.2) is 28.3 Å². The van der Waals surface area contributed by atoms with Crippen molar-refractivity contribution in [1.29, 1.82) is 0 Å². The standard InChI is InChI=1S/C20H24N4O4S.Na/c1-12(2)24-11-17(21-10-18(24)25)29(27,28)23-20(26)22-19-15-7-3-5-13(15)9-14-6-4-8-16(14)19;/h9-12H,3-8H2,1-2H3,(H2,22,23,26);/q;+1/p-1. The quantitative estimate of drug-likeness (QED) is 0.681. The van der Waals surface area contributed by atoms with Gasteiger partial charge in [0.1, 0.15) is 0 Å². The molecule has 0 radical (unpaired) electrons. The normalized spacial score (nSPS) is 14.8. The van der Waals surface area contributed by atoms with E-state index in [1.165, 1.54) is 15.7 Å². The van der Waals surface area contributed by atoms with Crippen molar-refractivity contribution in [2.45, 2.75) is 63.4 Å². The van der Waals surface area contributed by atoms with Gasteiger partial charge in [-0.25, -0.2) is 13.4 Å². The van der Waals surface area contributed by atoms with E-state index in [1.54, 1.807) is 13.8 Å². The minimum absolute atomic E-state index is 0. The molecule has 2 aliphatic carbocycles. The SMILES string of the molecule is CC(C)n1cc(S(=O)(=O)[N-]C(=O)Nc2c3c(cc4c2CCC4)CCC3)ncc1=O.[Na+]. The monoisotopic (exact) mass is 438 g/mol. The fourth-order valence-electron chi connectivity index (χ4n) is 4.19. The molecule has 10 heteroatoms. The maximum absolute atomic E-state index is 12.6. The first kappa shape index (κ1) is 23.0. The molecule has 1 aromatic heterocycles. The molecule has 4 rings (SSSR count). The number of anilines is 1. The Morgan fingerprint density at radius 2 is 1.73 bits per heavy atom. The van der Waals surface area contributed by atoms with Crippen molar-refractivity contribution in [2.75, 3.05) is 5.32 Å². The average molecular weight is 438 g/mol. The van der Waals surface area contributed by atoms with E-state index in [-0.39, 0.29) is 35.6 Å². The molecule has 0 unspecified atom stereocenters. The number of amides is 2. The molecule has 2 aromatic rings. The number of rotatable bonds is 4. The summed E-state index contributed by atoms with van der Waals surface area (Å²) in [6, 6.07) is 1.04. The van der Waals surface area contributed by atoms with Gasteiger partial charge in [0.05, 0.1) is 6.20 Å². The number of sulfonamides is 1. The van der Waals surface area contributed by atoms with Crippen molar-refractivity contribution >= 4 is 21.7 Å². The largest absolute Gasteiger partial charge is 1.00 e. The summed E-state index contributed by atoms with van der Waals surface area (Å²) < 4.78 is 29.8. The van der Waals surface area contributed by atoms with Crippen LogP contribution in [0.4, 0.5) is 10.5 Å². The number of carbonyl (C=O) groups is 1. The molecular formula is C20H23N4NaO4S. The van der Waals surface area contributed by atoms with E-state index in [0.717, 1.165) is 67.7 Å². The van der Waals surface area contributed by atoms with Gasteiger partial charge in [0.2, 0.25) is 10.0 Å². The Morgan fingerprint density at radius 3 is 2.30 bits per heavy atom. The zero-order valence-electron chi connectivity index (χ0n) is 17.4. The molecule has 154 valence electrons. The second-order valence-electron chi connectivity index (χ2n) is 7.80. The van der Waals surface area contributed by atoms with Gasteiger partial charge in [-0.15, -0.1) is 0 Å². The predicted molar refractivity (Wildman–Crippen MR) is 109 cm³/mol. The fourth-order valence-corrected chi connectivity index (χ4v) is 4.98. The van der Waals surface area contributed by atoms with E-state index < -0.39 is 26.6 Å². The molecule has 0 aliphatic heterocycles. The van der Waals surface area contributed by atoms with Crippen LogP contribution in [0.25, 0.3) is 4.72 Å². The molecule has 0 bridgehead atoms. The number of fused-ring (bicyclic) bond motifs is 2. The van der Waals surface area contributed by atoms with Crippen molar-refractivity contribution in [3.63, 3.8) is 0 Å². The maximum Gasteiger partial charge on any atom is 1.00 e. The van der Waals surface area contributed by atoms with Gasteiger partial charge in [-0.3, -0.25) is 9.59 Å². The van der Waals surface area contributed by atoms with Crippen LogP contribution in [0.1, 0.15) is 55.0 Å². The summed E-state index contributed by atoms with van der Waals surface area (Å²) in [5.41, 5.74) is 4.97. The van der Waals surface area contributed by atoms with Crippen LogP contribution >= 0.6 is 0 Å². The summed E-state index contributed by atoms with van der Waals surface area (Å²) in [4.78, 5) is 28.0. The second kappa shape index (κ2) is 8.82. The third-order valence-electron chi connectivity index (χ3n) is 5.53. The summed E-state index contributed by atoms with van der Waals surface area (Å²) in [6.07, 6.45) is 7.78. The van der Waals surface area contributed by atoms with Crippen molar-refractivity contribution in [3.8, 4) is 0 Å². The van der Waals surface area contributed by atoms with Crippen LogP contribution in [0.5, 0.6) is 0 Å². The Kier molecular flexibility index (Phi) is 6.76. The van der Waals surface area contributed by atoms with E-state index in [1.807, 2.05) is 0 Å². The number of hydrogen-bond acceptors (Lipinski definition) is 5. The second-order valence-corrected chi connectivity index (χ2v) is 9.35. The van der Waals surface area contributed by atoms with Gasteiger partial charge in [0.15, 0.2) is 11.1 Å². The molecule has 0 fully saturated rings. The van der Waals surface area contributed by atoms with E-state index in [2.05, 4.69) is 21.1 Å². The number of carbonyl (C=O) groups excluding carboxylic acids is 1. The van der Waals surface area contributed by atoms with Crippen molar-refractivity contribution in [1.82, 2.24) is 9.55 Å². The van der Waals surface area contributed by atoms with Crippen LogP contribution in [-0.4, -0.2) is 24.0 Å². The number of nitrogens with zero attached hydrogens (tertiary/aromatic N) is 3. The van der Waals surface area contributed by atoms with Gasteiger partial charge >= 0.3 is 29.6 Å². The minimum Gasteiger partial charge on any atom is -0.423 e. The number of nitrogens with one attached hydrogen (secondary N) is 1. The third-order valence-corrected chi connectivity index (χ3v) is 6.68. The van der Waals surface area contributed by atoms with Crippen molar-refractivity contribution in [2.24, 2.45) is 0 Å². The topological polar surface area (TPSA) is 112 Å². The first-order valence-electron chi connectivity index (χ1n) is 9.80. The van der Waals surface area contributed by atoms with E-state index in [9.17, 15) is 18.0 Å². The summed E-state index contributed by atoms with van der Waals surface area (Å²) in [7, 11) is -4.34. The molecule has 0 atom stereocenters. The van der Waals surface area contributed by atoms with Gasteiger partial charge in [0, 0.05) is 12.2 Å². The number of aryl methyl sites for hydroxylation is 2. The molecule has 1 aromatic carbocycles. The van der Waals surface area contributed by atoms with Crippen molar-refractivity contribution in [3.05, 3.63) is 55.8 Å². The van der Waals surface area contributed by atoms with Crippen LogP contribution in [0.3, 0.4) is 0 Å². The zero-order valence-corrected chi connectivity index (χ0v) is 20.3. The van der Waals surface area contributed by atoms with E-state index in [4.69, 9.17) is 0 Å². The Hall–Kier alpha value is -1.68. The summed E-state index contributed by atoms with van der Waals surface area (Å²) >= 11 is 0. The fraction of sp³-hybridized carbons (Fsp3) is 0.450. The molecular weight excluding hydrogens is 415 g/mol. The number of benzene rings is 1. The van der Waals surface area contributed by atoms with Gasteiger partial charge in [-0.1, -0.05) is 6.07 Å². The summed E-state index contributed by atoms with van der Waals surface area (Å²) in [5.74, 6) is 0. The molecule has 8 nitrogen and oxygen atoms in total. The Labute approximate surface area is 197 Å². The minimum atomic E-state index is -4.34. The van der Waals surface area contributed by atoms with Crippen LogP contribution in [0.2, 0.25) is 0 Å². The molecule has 1 N–H and O–H groups in total. The summed E-state index contributed by atoms with van der Waals surface area (Å²) in [6.45, 7) is 3.50. The molecule has 1 heterocycles. The smallest absolute Gasteiger partial charge is 0.423 e. The Morgan fingerprint density at radius 1 is 1.13 bits per heavy atom. The number of hydrogen-bond donors (Lipinski definition) is 1. The first-order chi connectivity index (χ1) is 13.8. The molecule has 0 saturated heterocycles. The van der Waals surface area contributed by atoms with Crippen LogP contribution in [-0.2, 0) is 35.7 Å². The Bertz CT molecular complexity index is 1130. The van der Waals surface area contributed by atoms with Gasteiger partial charge in [-0.05, 0) is 80.3 Å². The molecule has 0 saturated carbocycles. The number of urea groups is 1. The van der Waals surface area contributed by atoms with E-state index in [0.29, 0.717) is 0 Å². The van der Waals surface area contributed by atoms with Gasteiger partial charge in [-0.2, -0.15) is 0 Å².